The number of ether oxygens (including phenoxy) is 3. The highest BCUT2D eigenvalue weighted by Gasteiger charge is 2.77. The van der Waals surface area contributed by atoms with Gasteiger partial charge in [0.15, 0.2) is 0 Å². The van der Waals surface area contributed by atoms with E-state index in [1.54, 1.807) is 7.11 Å². The molecule has 1 aromatic rings. The third-order valence-corrected chi connectivity index (χ3v) is 10.6. The normalized spacial score (nSPS) is 36.4. The minimum absolute atomic E-state index is 0.0101. The van der Waals surface area contributed by atoms with Gasteiger partial charge < -0.3 is 29.5 Å². The molecule has 9 nitrogen and oxygen atoms in total. The van der Waals surface area contributed by atoms with Gasteiger partial charge in [0.25, 0.3) is 0 Å². The van der Waals surface area contributed by atoms with Crippen LogP contribution in [0.1, 0.15) is 64.4 Å². The van der Waals surface area contributed by atoms with E-state index in [1.807, 2.05) is 19.2 Å². The Morgan fingerprint density at radius 1 is 1.15 bits per heavy atom. The van der Waals surface area contributed by atoms with Crippen molar-refractivity contribution in [2.75, 3.05) is 38.7 Å². The predicted molar refractivity (Wildman–Crippen MR) is 151 cm³/mol. The van der Waals surface area contributed by atoms with E-state index in [0.29, 0.717) is 6.42 Å². The Hall–Kier alpha value is -2.78. The summed E-state index contributed by atoms with van der Waals surface area (Å²) in [5.41, 5.74) is -0.536. The lowest BCUT2D eigenvalue weighted by Gasteiger charge is -2.64. The summed E-state index contributed by atoms with van der Waals surface area (Å²) in [5, 5.41) is 16.0. The number of rotatable bonds is 6. The summed E-state index contributed by atoms with van der Waals surface area (Å²) in [6.07, 6.45) is 9.32. The molecule has 3 heterocycles. The van der Waals surface area contributed by atoms with Crippen molar-refractivity contribution >= 4 is 17.7 Å². The number of esters is 1. The first kappa shape index (κ1) is 27.4. The Morgan fingerprint density at radius 3 is 2.62 bits per heavy atom. The Balaban J connectivity index is 1.47. The minimum atomic E-state index is -1.61. The van der Waals surface area contributed by atoms with Crippen LogP contribution in [-0.2, 0) is 19.7 Å². The van der Waals surface area contributed by atoms with Crippen molar-refractivity contribution in [3.63, 3.8) is 0 Å². The monoisotopic (exact) mass is 553 g/mol. The molecule has 0 bridgehead atoms. The predicted octanol–water partition coefficient (Wildman–Crippen LogP) is 3.53. The number of carbonyl (C=O) groups is 2. The van der Waals surface area contributed by atoms with Crippen LogP contribution in [0.15, 0.2) is 30.4 Å². The topological polar surface area (TPSA) is 101 Å². The van der Waals surface area contributed by atoms with Crippen molar-refractivity contribution in [3.8, 4) is 5.75 Å². The highest BCUT2D eigenvalue weighted by Crippen LogP contribution is 2.67. The smallest absolute Gasteiger partial charge is 0.407 e. The van der Waals surface area contributed by atoms with Crippen LogP contribution in [0.3, 0.4) is 0 Å². The molecule has 2 N–H and O–H groups in total. The number of hydrogen-bond donors (Lipinski definition) is 2. The van der Waals surface area contributed by atoms with Gasteiger partial charge in [-0.2, -0.15) is 0 Å². The molecule has 6 rings (SSSR count). The number of methoxy groups -OCH3 is 1. The first-order valence-corrected chi connectivity index (χ1v) is 14.9. The van der Waals surface area contributed by atoms with E-state index in [0.717, 1.165) is 63.1 Å². The highest BCUT2D eigenvalue weighted by molar-refractivity contribution is 5.72. The molecule has 9 heteroatoms. The van der Waals surface area contributed by atoms with E-state index >= 15 is 0 Å². The number of likely N-dealkylation sites (N-methyl/N-ethyl adjacent to an activating group) is 1. The van der Waals surface area contributed by atoms with Crippen molar-refractivity contribution < 1.29 is 28.9 Å². The Labute approximate surface area is 236 Å². The second-order valence-corrected chi connectivity index (χ2v) is 12.5. The number of alkyl carbamates (subject to hydrolysis) is 1. The quantitative estimate of drug-likeness (QED) is 0.408. The zero-order chi connectivity index (χ0) is 28.3. The van der Waals surface area contributed by atoms with Gasteiger partial charge in [-0.1, -0.05) is 31.6 Å². The summed E-state index contributed by atoms with van der Waals surface area (Å²) in [6, 6.07) is 5.72. The number of benzene rings is 1. The van der Waals surface area contributed by atoms with E-state index in [9.17, 15) is 14.7 Å². The van der Waals surface area contributed by atoms with E-state index in [4.69, 9.17) is 14.2 Å². The van der Waals surface area contributed by atoms with Crippen molar-refractivity contribution in [1.82, 2.24) is 10.2 Å². The summed E-state index contributed by atoms with van der Waals surface area (Å²) < 4.78 is 17.5. The minimum Gasteiger partial charge on any atom is -0.497 e. The van der Waals surface area contributed by atoms with Gasteiger partial charge in [-0.05, 0) is 56.7 Å². The average Bonchev–Trinajstić information content (AvgIpc) is 3.46. The van der Waals surface area contributed by atoms with E-state index in [-0.39, 0.29) is 18.7 Å². The Bertz CT molecular complexity index is 1200. The van der Waals surface area contributed by atoms with Crippen LogP contribution in [0, 0.1) is 5.41 Å². The Morgan fingerprint density at radius 2 is 1.93 bits per heavy atom. The highest BCUT2D eigenvalue weighted by atomic mass is 16.6. The largest absolute Gasteiger partial charge is 0.497 e. The van der Waals surface area contributed by atoms with Crippen LogP contribution in [0.5, 0.6) is 5.75 Å². The van der Waals surface area contributed by atoms with E-state index in [2.05, 4.69) is 40.3 Å². The molecule has 2 aliphatic carbocycles. The van der Waals surface area contributed by atoms with Crippen molar-refractivity contribution in [2.45, 2.75) is 94.1 Å². The van der Waals surface area contributed by atoms with Crippen LogP contribution in [0.25, 0.3) is 0 Å². The second kappa shape index (κ2) is 9.94. The zero-order valence-electron chi connectivity index (χ0n) is 24.2. The molecular formula is C31H43N3O6. The summed E-state index contributed by atoms with van der Waals surface area (Å²) in [5.74, 6) is 0.298. The van der Waals surface area contributed by atoms with Gasteiger partial charge in [0.05, 0.1) is 19.7 Å². The maximum absolute atomic E-state index is 13.1. The van der Waals surface area contributed by atoms with Crippen LogP contribution in [-0.4, -0.2) is 85.8 Å². The van der Waals surface area contributed by atoms with Gasteiger partial charge in [0.1, 0.15) is 23.6 Å². The molecule has 218 valence electrons. The molecule has 2 saturated carbocycles. The number of nitrogens with one attached hydrogen (secondary N) is 1. The molecule has 3 aliphatic heterocycles. The fourth-order valence-electron chi connectivity index (χ4n) is 9.23. The molecule has 6 atom stereocenters. The fourth-order valence-corrected chi connectivity index (χ4v) is 9.23. The molecule has 40 heavy (non-hydrogen) atoms. The molecule has 5 aliphatic rings. The molecule has 1 amide bonds. The maximum Gasteiger partial charge on any atom is 0.407 e. The van der Waals surface area contributed by atoms with Crippen molar-refractivity contribution in [2.24, 2.45) is 5.41 Å². The SMILES string of the molecule is CC[C@]12C=CCN3CC[C@@]4(c5ccc(OC)cc5N(C)[C@H]4C(O)(CNC(=O)OC4CCCCC4)[C@@H]1OC(C)=O)[C@@H]32. The van der Waals surface area contributed by atoms with Gasteiger partial charge in [-0.3, -0.25) is 9.69 Å². The third kappa shape index (κ3) is 3.80. The summed E-state index contributed by atoms with van der Waals surface area (Å²) in [7, 11) is 3.65. The number of nitrogens with zero attached hydrogens (tertiary/aromatic N) is 2. The zero-order valence-corrected chi connectivity index (χ0v) is 24.2. The first-order valence-electron chi connectivity index (χ1n) is 14.9. The summed E-state index contributed by atoms with van der Waals surface area (Å²) >= 11 is 0. The molecule has 1 spiro atoms. The maximum atomic E-state index is 13.1. The van der Waals surface area contributed by atoms with Gasteiger partial charge in [0.2, 0.25) is 0 Å². The number of carbonyl (C=O) groups excluding carboxylic acids is 2. The number of fused-ring (bicyclic) bond motifs is 1. The molecule has 3 fully saturated rings. The van der Waals surface area contributed by atoms with Gasteiger partial charge in [-0.15, -0.1) is 0 Å². The lowest BCUT2D eigenvalue weighted by atomic mass is 9.47. The molecule has 0 aromatic heterocycles. The lowest BCUT2D eigenvalue weighted by molar-refractivity contribution is -0.217. The van der Waals surface area contributed by atoms with Crippen molar-refractivity contribution in [3.05, 3.63) is 35.9 Å². The van der Waals surface area contributed by atoms with Crippen LogP contribution >= 0.6 is 0 Å². The fraction of sp³-hybridized carbons (Fsp3) is 0.677. The van der Waals surface area contributed by atoms with Gasteiger partial charge in [0, 0.05) is 49.1 Å². The van der Waals surface area contributed by atoms with Gasteiger partial charge >= 0.3 is 12.1 Å². The molecule has 1 saturated heterocycles. The van der Waals surface area contributed by atoms with Crippen LogP contribution in [0.2, 0.25) is 0 Å². The van der Waals surface area contributed by atoms with Crippen molar-refractivity contribution in [1.29, 1.82) is 0 Å². The standard InChI is InChI=1S/C31H43N3O6/c1-5-29-14-9-16-34-17-15-30(25(29)34)23-13-12-22(38-4)18-24(23)33(3)26(30)31(37,27(29)39-20(2)35)19-32-28(36)40-21-10-7-6-8-11-21/h9,12-14,18,21,25-27,37H,5-8,10-11,15-17,19H2,1-4H3,(H,32,36)/t25-,26+,27+,29+,30+,31?/m0/s1. The average molecular weight is 554 g/mol. The number of anilines is 1. The summed E-state index contributed by atoms with van der Waals surface area (Å²) in [4.78, 5) is 30.4. The lowest BCUT2D eigenvalue weighted by Crippen LogP contribution is -2.81. The summed E-state index contributed by atoms with van der Waals surface area (Å²) in [6.45, 7) is 5.09. The first-order chi connectivity index (χ1) is 19.2. The Kier molecular flexibility index (Phi) is 6.81. The number of aliphatic hydroxyl groups is 1. The third-order valence-electron chi connectivity index (χ3n) is 10.6. The molecule has 1 unspecified atom stereocenters. The van der Waals surface area contributed by atoms with E-state index in [1.165, 1.54) is 12.5 Å². The molecule has 1 aromatic carbocycles. The van der Waals surface area contributed by atoms with Crippen LogP contribution < -0.4 is 15.0 Å². The van der Waals surface area contributed by atoms with Crippen LogP contribution in [0.4, 0.5) is 10.5 Å². The molecular weight excluding hydrogens is 510 g/mol. The molecule has 0 radical (unpaired) electrons. The number of amides is 1. The number of hydrogen-bond acceptors (Lipinski definition) is 8. The van der Waals surface area contributed by atoms with Gasteiger partial charge in [-0.25, -0.2) is 4.79 Å². The second-order valence-electron chi connectivity index (χ2n) is 12.5. The van der Waals surface area contributed by atoms with E-state index < -0.39 is 40.6 Å².